The number of fused-ring (bicyclic) bond motifs is 8. The third-order valence-corrected chi connectivity index (χ3v) is 9.57. The van der Waals surface area contributed by atoms with E-state index in [1.807, 2.05) is 6.07 Å². The van der Waals surface area contributed by atoms with Gasteiger partial charge >= 0.3 is 0 Å². The zero-order chi connectivity index (χ0) is 31.6. The van der Waals surface area contributed by atoms with Crippen LogP contribution >= 0.6 is 0 Å². The van der Waals surface area contributed by atoms with Gasteiger partial charge in [0.25, 0.3) is 0 Å². The summed E-state index contributed by atoms with van der Waals surface area (Å²) in [5.41, 5.74) is 11.3. The van der Waals surface area contributed by atoms with Crippen molar-refractivity contribution in [3.63, 3.8) is 0 Å². The Bertz CT molecular complexity index is 2770. The molecule has 0 aliphatic carbocycles. The highest BCUT2D eigenvalue weighted by Gasteiger charge is 2.21. The van der Waals surface area contributed by atoms with Crippen molar-refractivity contribution in [3.05, 3.63) is 170 Å². The van der Waals surface area contributed by atoms with Crippen LogP contribution in [-0.2, 0) is 0 Å². The van der Waals surface area contributed by atoms with Gasteiger partial charge in [0.05, 0.1) is 27.8 Å². The summed E-state index contributed by atoms with van der Waals surface area (Å²) in [4.78, 5) is 5.24. The van der Waals surface area contributed by atoms with Crippen molar-refractivity contribution in [1.29, 1.82) is 0 Å². The second-order valence-electron chi connectivity index (χ2n) is 12.4. The van der Waals surface area contributed by atoms with Gasteiger partial charge in [-0.3, -0.25) is 0 Å². The molecule has 0 aliphatic rings. The topological polar surface area (TPSA) is 31.0 Å². The minimum atomic E-state index is 0.847. The highest BCUT2D eigenvalue weighted by Crippen LogP contribution is 2.43. The molecule has 0 radical (unpaired) electrons. The molecule has 0 atom stereocenters. The fourth-order valence-corrected chi connectivity index (χ4v) is 7.33. The van der Waals surface area contributed by atoms with E-state index in [1.54, 1.807) is 0 Å². The van der Waals surface area contributed by atoms with Gasteiger partial charge in [0.1, 0.15) is 11.2 Å². The van der Waals surface area contributed by atoms with Crippen LogP contribution in [0.25, 0.3) is 93.8 Å². The molecule has 0 N–H and O–H groups in total. The average molecular weight is 613 g/mol. The smallest absolute Gasteiger partial charge is 0.145 e. The van der Waals surface area contributed by atoms with E-state index in [2.05, 4.69) is 168 Å². The van der Waals surface area contributed by atoms with Gasteiger partial charge in [0, 0.05) is 33.0 Å². The molecule has 10 aromatic rings. The number of pyridine rings is 1. The molecule has 0 bridgehead atoms. The number of furan rings is 1. The van der Waals surface area contributed by atoms with Crippen molar-refractivity contribution < 1.29 is 4.42 Å². The predicted molar refractivity (Wildman–Crippen MR) is 200 cm³/mol. The van der Waals surface area contributed by atoms with Crippen molar-refractivity contribution >= 4 is 54.5 Å². The first-order chi connectivity index (χ1) is 23.8. The van der Waals surface area contributed by atoms with Crippen LogP contribution in [0.2, 0.25) is 0 Å². The molecule has 0 spiro atoms. The van der Waals surface area contributed by atoms with Crippen LogP contribution in [0.4, 0.5) is 0 Å². The average Bonchev–Trinajstić information content (AvgIpc) is 3.71. The highest BCUT2D eigenvalue weighted by molar-refractivity contribution is 6.24. The van der Waals surface area contributed by atoms with Gasteiger partial charge < -0.3 is 8.98 Å². The Morgan fingerprint density at radius 3 is 1.96 bits per heavy atom. The lowest BCUT2D eigenvalue weighted by atomic mass is 9.99. The summed E-state index contributed by atoms with van der Waals surface area (Å²) in [7, 11) is 0. The number of hydrogen-bond donors (Lipinski definition) is 0. The number of para-hydroxylation sites is 2. The van der Waals surface area contributed by atoms with Crippen molar-refractivity contribution in [2.75, 3.05) is 0 Å². The lowest BCUT2D eigenvalue weighted by Gasteiger charge is -2.10. The first-order valence-electron chi connectivity index (χ1n) is 16.3. The number of hydrogen-bond acceptors (Lipinski definition) is 2. The molecule has 0 amide bonds. The van der Waals surface area contributed by atoms with Gasteiger partial charge in [0.15, 0.2) is 0 Å². The molecule has 0 fully saturated rings. The molecule has 0 saturated carbocycles. The Hall–Kier alpha value is -6.45. The van der Waals surface area contributed by atoms with E-state index < -0.39 is 0 Å². The van der Waals surface area contributed by atoms with Crippen LogP contribution in [-0.4, -0.2) is 9.55 Å². The number of aromatic nitrogens is 2. The molecular formula is C45H28N2O. The van der Waals surface area contributed by atoms with Crippen LogP contribution in [0.3, 0.4) is 0 Å². The first-order valence-corrected chi connectivity index (χ1v) is 16.3. The largest absolute Gasteiger partial charge is 0.455 e. The molecule has 224 valence electrons. The third-order valence-electron chi connectivity index (χ3n) is 9.57. The molecule has 0 saturated heterocycles. The lowest BCUT2D eigenvalue weighted by Crippen LogP contribution is -1.93. The molecule has 7 aromatic carbocycles. The molecular weight excluding hydrogens is 585 g/mol. The maximum absolute atomic E-state index is 7.02. The van der Waals surface area contributed by atoms with E-state index in [9.17, 15) is 0 Å². The fraction of sp³-hybridized carbons (Fsp3) is 0. The van der Waals surface area contributed by atoms with E-state index in [1.165, 1.54) is 16.2 Å². The normalized spacial score (nSPS) is 11.8. The molecule has 0 aliphatic heterocycles. The molecule has 3 aromatic heterocycles. The van der Waals surface area contributed by atoms with Crippen molar-refractivity contribution in [2.24, 2.45) is 0 Å². The van der Waals surface area contributed by atoms with Gasteiger partial charge in [0.2, 0.25) is 0 Å². The zero-order valence-corrected chi connectivity index (χ0v) is 26.0. The summed E-state index contributed by atoms with van der Waals surface area (Å²) >= 11 is 0. The maximum Gasteiger partial charge on any atom is 0.145 e. The van der Waals surface area contributed by atoms with Crippen LogP contribution in [0.5, 0.6) is 0 Å². The fourth-order valence-electron chi connectivity index (χ4n) is 7.33. The molecule has 3 heteroatoms. The summed E-state index contributed by atoms with van der Waals surface area (Å²) in [6.45, 7) is 0. The van der Waals surface area contributed by atoms with E-state index in [0.717, 1.165) is 77.7 Å². The lowest BCUT2D eigenvalue weighted by molar-refractivity contribution is 0.674. The Morgan fingerprint density at radius 2 is 1.10 bits per heavy atom. The number of nitrogens with zero attached hydrogens (tertiary/aromatic N) is 2. The van der Waals surface area contributed by atoms with Gasteiger partial charge in [-0.2, -0.15) is 0 Å². The quantitative estimate of drug-likeness (QED) is 0.198. The van der Waals surface area contributed by atoms with E-state index in [4.69, 9.17) is 9.40 Å². The van der Waals surface area contributed by atoms with Crippen LogP contribution in [0, 0.1) is 0 Å². The highest BCUT2D eigenvalue weighted by atomic mass is 16.3. The van der Waals surface area contributed by atoms with Crippen LogP contribution in [0.1, 0.15) is 0 Å². The summed E-state index contributed by atoms with van der Waals surface area (Å²) in [6, 6.07) is 60.0. The van der Waals surface area contributed by atoms with Gasteiger partial charge in [-0.05, 0) is 70.4 Å². The molecule has 48 heavy (non-hydrogen) atoms. The first kappa shape index (κ1) is 26.7. The van der Waals surface area contributed by atoms with Crippen molar-refractivity contribution in [3.8, 4) is 39.3 Å². The summed E-state index contributed by atoms with van der Waals surface area (Å²) in [6.07, 6.45) is 0. The maximum atomic E-state index is 7.02. The minimum Gasteiger partial charge on any atom is -0.455 e. The Kier molecular flexibility index (Phi) is 5.87. The van der Waals surface area contributed by atoms with E-state index in [0.29, 0.717) is 0 Å². The van der Waals surface area contributed by atoms with Gasteiger partial charge in [-0.1, -0.05) is 121 Å². The zero-order valence-electron chi connectivity index (χ0n) is 26.0. The second-order valence-corrected chi connectivity index (χ2v) is 12.4. The van der Waals surface area contributed by atoms with Gasteiger partial charge in [-0.15, -0.1) is 0 Å². The second kappa shape index (κ2) is 10.5. The number of rotatable bonds is 4. The van der Waals surface area contributed by atoms with E-state index in [-0.39, 0.29) is 0 Å². The standard InChI is InChI=1S/C45H28N2O/c1-3-12-29(13-4-1)33-27-39(31-15-5-2-6-16-31)46-40(28-33)37-20-11-19-35-36-24-25-42-43(45(36)48-44(35)37)38-18-9-10-21-41(38)47(42)34-23-22-30-14-7-8-17-32(30)26-34/h1-28H. The summed E-state index contributed by atoms with van der Waals surface area (Å²) in [5, 5.41) is 6.92. The molecule has 3 nitrogen and oxygen atoms in total. The molecule has 3 heterocycles. The Balaban J connectivity index is 1.24. The Morgan fingerprint density at radius 1 is 0.417 bits per heavy atom. The van der Waals surface area contributed by atoms with Crippen molar-refractivity contribution in [2.45, 2.75) is 0 Å². The summed E-state index contributed by atoms with van der Waals surface area (Å²) in [5.74, 6) is 0. The monoisotopic (exact) mass is 612 g/mol. The van der Waals surface area contributed by atoms with Crippen molar-refractivity contribution in [1.82, 2.24) is 9.55 Å². The minimum absolute atomic E-state index is 0.847. The molecule has 0 unspecified atom stereocenters. The third kappa shape index (κ3) is 4.11. The Labute approximate surface area is 277 Å². The van der Waals surface area contributed by atoms with Crippen LogP contribution < -0.4 is 0 Å². The summed E-state index contributed by atoms with van der Waals surface area (Å²) < 4.78 is 9.38. The predicted octanol–water partition coefficient (Wildman–Crippen LogP) is 12.2. The van der Waals surface area contributed by atoms with Crippen LogP contribution in [0.15, 0.2) is 174 Å². The molecule has 10 rings (SSSR count). The van der Waals surface area contributed by atoms with Gasteiger partial charge in [-0.25, -0.2) is 4.98 Å². The van der Waals surface area contributed by atoms with E-state index >= 15 is 0 Å². The SMILES string of the molecule is c1ccc(-c2cc(-c3ccccc3)nc(-c3cccc4c3oc3c4ccc4c3c3ccccc3n4-c3ccc4ccccc4c3)c2)cc1. The number of benzene rings is 7.